The molecule has 14 aromatic carbocycles. The summed E-state index contributed by atoms with van der Waals surface area (Å²) in [6.07, 6.45) is 0. The molecular formula is C81H61N5. The first-order chi connectivity index (χ1) is 42.4. The summed E-state index contributed by atoms with van der Waals surface area (Å²) in [7, 11) is 4.13. The Morgan fingerprint density at radius 2 is 0.570 bits per heavy atom. The third kappa shape index (κ3) is 11.5. The fourth-order valence-corrected chi connectivity index (χ4v) is 11.4. The van der Waals surface area contributed by atoms with Crippen LogP contribution in [-0.4, -0.2) is 14.1 Å². The molecule has 0 aromatic heterocycles. The van der Waals surface area contributed by atoms with Crippen molar-refractivity contribution in [3.8, 4) is 39.4 Å². The van der Waals surface area contributed by atoms with E-state index in [0.717, 1.165) is 62.3 Å². The van der Waals surface area contributed by atoms with Gasteiger partial charge in [0.2, 0.25) is 0 Å². The molecule has 0 unspecified atom stereocenters. The summed E-state index contributed by atoms with van der Waals surface area (Å²) in [5, 5.41) is 16.6. The molecule has 0 aliphatic carbocycles. The monoisotopic (exact) mass is 1100 g/mol. The second-order valence-electron chi connectivity index (χ2n) is 21.4. The summed E-state index contributed by atoms with van der Waals surface area (Å²) in [4.78, 5) is 8.99. The van der Waals surface area contributed by atoms with Crippen LogP contribution in [0.5, 0.6) is 0 Å². The van der Waals surface area contributed by atoms with E-state index < -0.39 is 0 Å². The second kappa shape index (κ2) is 24.6. The van der Waals surface area contributed by atoms with Crippen LogP contribution in [0.1, 0.15) is 5.56 Å². The quantitative estimate of drug-likeness (QED) is 0.115. The third-order valence-corrected chi connectivity index (χ3v) is 16.2. The number of nitrogens with zero attached hydrogens (tertiary/aromatic N) is 5. The van der Waals surface area contributed by atoms with Gasteiger partial charge in [-0.1, -0.05) is 212 Å². The molecule has 0 N–H and O–H groups in total. The smallest absolute Gasteiger partial charge is 0.0992 e. The molecule has 86 heavy (non-hydrogen) atoms. The predicted molar refractivity (Wildman–Crippen MR) is 365 cm³/mol. The van der Waals surface area contributed by atoms with E-state index in [1.165, 1.54) is 60.3 Å². The van der Waals surface area contributed by atoms with Gasteiger partial charge in [0.1, 0.15) is 0 Å². The fourth-order valence-electron chi connectivity index (χ4n) is 11.4. The molecule has 0 aliphatic heterocycles. The summed E-state index contributed by atoms with van der Waals surface area (Å²) >= 11 is 0. The number of fused-ring (bicyclic) bond motifs is 3. The average molecular weight is 1100 g/mol. The Bertz CT molecular complexity index is 4570. The Kier molecular flexibility index (Phi) is 15.4. The molecule has 0 bridgehead atoms. The van der Waals surface area contributed by atoms with Gasteiger partial charge in [0.05, 0.1) is 17.3 Å². The van der Waals surface area contributed by atoms with Gasteiger partial charge >= 0.3 is 0 Å². The van der Waals surface area contributed by atoms with Crippen molar-refractivity contribution in [1.29, 1.82) is 5.26 Å². The number of para-hydroxylation sites is 1. The number of hydrogen-bond acceptors (Lipinski definition) is 5. The Labute approximate surface area is 504 Å². The molecule has 0 amide bonds. The molecule has 5 nitrogen and oxygen atoms in total. The van der Waals surface area contributed by atoms with E-state index >= 15 is 0 Å². The topological polar surface area (TPSA) is 36.8 Å². The zero-order valence-corrected chi connectivity index (χ0v) is 48.0. The first kappa shape index (κ1) is 53.8. The second-order valence-corrected chi connectivity index (χ2v) is 21.4. The van der Waals surface area contributed by atoms with E-state index in [4.69, 9.17) is 0 Å². The lowest BCUT2D eigenvalue weighted by atomic mass is 10.0. The van der Waals surface area contributed by atoms with Crippen molar-refractivity contribution in [3.05, 3.63) is 339 Å². The van der Waals surface area contributed by atoms with Crippen LogP contribution in [0.25, 0.3) is 65.7 Å². The van der Waals surface area contributed by atoms with Crippen molar-refractivity contribution in [2.75, 3.05) is 33.7 Å². The number of benzene rings is 14. The largest absolute Gasteiger partial charge is 0.345 e. The molecule has 0 saturated carbocycles. The first-order valence-electron chi connectivity index (χ1n) is 29.1. The van der Waals surface area contributed by atoms with Crippen LogP contribution < -0.4 is 19.6 Å². The van der Waals surface area contributed by atoms with Crippen molar-refractivity contribution in [3.63, 3.8) is 0 Å². The third-order valence-electron chi connectivity index (χ3n) is 16.2. The van der Waals surface area contributed by atoms with E-state index in [1.54, 1.807) is 0 Å². The van der Waals surface area contributed by atoms with E-state index in [-0.39, 0.29) is 0 Å². The molecule has 0 spiro atoms. The van der Waals surface area contributed by atoms with Gasteiger partial charge in [-0.3, -0.25) is 0 Å². The highest BCUT2D eigenvalue weighted by Gasteiger charge is 2.18. The lowest BCUT2D eigenvalue weighted by Crippen LogP contribution is -2.10. The van der Waals surface area contributed by atoms with Gasteiger partial charge in [-0.15, -0.1) is 0 Å². The highest BCUT2D eigenvalue weighted by molar-refractivity contribution is 5.99. The van der Waals surface area contributed by atoms with Crippen LogP contribution in [0.2, 0.25) is 0 Å². The van der Waals surface area contributed by atoms with Gasteiger partial charge in [0.15, 0.2) is 0 Å². The molecule has 0 fully saturated rings. The van der Waals surface area contributed by atoms with E-state index in [1.807, 2.05) is 37.4 Å². The summed E-state index contributed by atoms with van der Waals surface area (Å²) < 4.78 is 0. The molecule has 0 radical (unpaired) electrons. The van der Waals surface area contributed by atoms with Crippen LogP contribution in [0.15, 0.2) is 334 Å². The standard InChI is InChI=1S/C41H32N2.C40H29N3/c1-42(36-15-6-3-7-16-36)37-25-19-33(20-26-37)34-23-29-39(30-24-34)43(41-18-10-14-35-13-8-9-17-40(35)41)38-27-21-32(22-28-38)31-11-4-2-5-12-31;1-42(38-12-6-7-29(25-38)28-41)36-19-13-32(14-20-36)33-15-21-37(22-16-33)43(39-23-17-30-8-2-4-10-34(30)26-39)40-24-18-31-9-3-5-11-35(31)27-40/h2-30H,1H3;2-27H,1H3. The van der Waals surface area contributed by atoms with Gasteiger partial charge < -0.3 is 19.6 Å². The van der Waals surface area contributed by atoms with Crippen molar-refractivity contribution in [2.24, 2.45) is 0 Å². The minimum Gasteiger partial charge on any atom is -0.345 e. The van der Waals surface area contributed by atoms with Crippen molar-refractivity contribution in [2.45, 2.75) is 0 Å². The van der Waals surface area contributed by atoms with E-state index in [2.05, 4.69) is 336 Å². The molecule has 14 aromatic rings. The molecule has 0 saturated heterocycles. The minimum absolute atomic E-state index is 0.655. The van der Waals surface area contributed by atoms with Crippen molar-refractivity contribution < 1.29 is 0 Å². The summed E-state index contributed by atoms with van der Waals surface area (Å²) in [6, 6.07) is 120. The zero-order chi connectivity index (χ0) is 58.2. The first-order valence-corrected chi connectivity index (χ1v) is 29.1. The average Bonchev–Trinajstić information content (AvgIpc) is 2.03. The summed E-state index contributed by atoms with van der Waals surface area (Å²) in [5.41, 5.74) is 18.9. The highest BCUT2D eigenvalue weighted by atomic mass is 15.2. The van der Waals surface area contributed by atoms with Crippen LogP contribution in [-0.2, 0) is 0 Å². The minimum atomic E-state index is 0.655. The van der Waals surface area contributed by atoms with Crippen LogP contribution >= 0.6 is 0 Å². The number of rotatable bonds is 13. The SMILES string of the molecule is CN(c1ccc(-c2ccc(N(c3ccc4ccccc4c3)c3ccc4ccccc4c3)cc2)cc1)c1cccc(C#N)c1.CN(c1ccccc1)c1ccc(-c2ccc(N(c3ccc(-c4ccccc4)cc3)c3cccc4ccccc34)cc2)cc1. The van der Waals surface area contributed by atoms with Gasteiger partial charge in [-0.05, 0) is 182 Å². The van der Waals surface area contributed by atoms with Gasteiger partial charge in [0, 0.05) is 70.7 Å². The van der Waals surface area contributed by atoms with Gasteiger partial charge in [-0.25, -0.2) is 0 Å². The predicted octanol–water partition coefficient (Wildman–Crippen LogP) is 22.2. The Hall–Kier alpha value is -11.5. The van der Waals surface area contributed by atoms with Gasteiger partial charge in [0.25, 0.3) is 0 Å². The maximum Gasteiger partial charge on any atom is 0.0992 e. The van der Waals surface area contributed by atoms with Crippen LogP contribution in [0, 0.1) is 11.3 Å². The Morgan fingerprint density at radius 1 is 0.233 bits per heavy atom. The lowest BCUT2D eigenvalue weighted by molar-refractivity contribution is 1.21. The summed E-state index contributed by atoms with van der Waals surface area (Å²) in [5.74, 6) is 0. The molecular weight excluding hydrogens is 1040 g/mol. The Balaban J connectivity index is 0.000000160. The van der Waals surface area contributed by atoms with E-state index in [9.17, 15) is 5.26 Å². The zero-order valence-electron chi connectivity index (χ0n) is 48.0. The number of anilines is 10. The van der Waals surface area contributed by atoms with Crippen LogP contribution in [0.3, 0.4) is 0 Å². The summed E-state index contributed by atoms with van der Waals surface area (Å²) in [6.45, 7) is 0. The molecule has 0 aliphatic rings. The molecule has 0 atom stereocenters. The molecule has 0 heterocycles. The molecule has 5 heteroatoms. The maximum atomic E-state index is 9.27. The highest BCUT2D eigenvalue weighted by Crippen LogP contribution is 2.42. The van der Waals surface area contributed by atoms with Crippen molar-refractivity contribution >= 4 is 89.2 Å². The number of nitriles is 1. The van der Waals surface area contributed by atoms with E-state index in [0.29, 0.717) is 5.56 Å². The molecule has 14 rings (SSSR count). The normalized spacial score (nSPS) is 10.9. The number of hydrogen-bond donors (Lipinski definition) is 0. The maximum absolute atomic E-state index is 9.27. The van der Waals surface area contributed by atoms with Gasteiger partial charge in [-0.2, -0.15) is 5.26 Å². The fraction of sp³-hybridized carbons (Fsp3) is 0.0247. The van der Waals surface area contributed by atoms with Crippen molar-refractivity contribution in [1.82, 2.24) is 0 Å². The Morgan fingerprint density at radius 3 is 1.06 bits per heavy atom. The lowest BCUT2D eigenvalue weighted by Gasteiger charge is -2.27. The molecule has 410 valence electrons. The van der Waals surface area contributed by atoms with Crippen LogP contribution in [0.4, 0.5) is 56.9 Å².